The van der Waals surface area contributed by atoms with Crippen LogP contribution >= 0.6 is 0 Å². The van der Waals surface area contributed by atoms with Crippen molar-refractivity contribution in [3.8, 4) is 5.75 Å². The van der Waals surface area contributed by atoms with E-state index in [1.54, 1.807) is 42.5 Å². The van der Waals surface area contributed by atoms with Gasteiger partial charge in [0.05, 0.1) is 12.9 Å². The number of ether oxygens (including phenoxy) is 1. The molecule has 10 nitrogen and oxygen atoms in total. The van der Waals surface area contributed by atoms with E-state index in [9.17, 15) is 19.2 Å². The molecule has 3 N–H and O–H groups in total. The molecule has 0 bridgehead atoms. The Morgan fingerprint density at radius 3 is 2.33 bits per heavy atom. The zero-order valence-electron chi connectivity index (χ0n) is 19.3. The van der Waals surface area contributed by atoms with E-state index in [4.69, 9.17) is 13.6 Å². The molecule has 10 heteroatoms. The number of rotatable bonds is 9. The molecule has 0 radical (unpaired) electrons. The van der Waals surface area contributed by atoms with E-state index >= 15 is 0 Å². The summed E-state index contributed by atoms with van der Waals surface area (Å²) in [6.45, 7) is 2.66. The Morgan fingerprint density at radius 2 is 1.64 bits per heavy atom. The fourth-order valence-electron chi connectivity index (χ4n) is 3.40. The third-order valence-electron chi connectivity index (χ3n) is 5.11. The topological polar surface area (TPSA) is 140 Å². The van der Waals surface area contributed by atoms with Gasteiger partial charge in [0.1, 0.15) is 5.56 Å². The molecule has 0 fully saturated rings. The summed E-state index contributed by atoms with van der Waals surface area (Å²) in [5, 5.41) is 8.50. The standard InChI is InChI=1S/C26H23N3O7/c1-2-34-20-6-3-5-17-15-19(26(33)36-22(17)20)24(31)29-18-10-8-16(9-11-18)23(30)27-12-13-28-25(32)21-7-4-14-35-21/h3-11,14-15H,2,12-13H2,1H3,(H,27,30)(H,28,32)(H,29,31). The van der Waals surface area contributed by atoms with Crippen molar-refractivity contribution in [1.29, 1.82) is 0 Å². The second-order valence-corrected chi connectivity index (χ2v) is 7.58. The maximum Gasteiger partial charge on any atom is 0.349 e. The first-order chi connectivity index (χ1) is 17.5. The first-order valence-corrected chi connectivity index (χ1v) is 11.2. The monoisotopic (exact) mass is 489 g/mol. The van der Waals surface area contributed by atoms with Gasteiger partial charge in [-0.05, 0) is 55.5 Å². The molecule has 0 spiro atoms. The van der Waals surface area contributed by atoms with Crippen molar-refractivity contribution in [2.45, 2.75) is 6.92 Å². The number of furan rings is 1. The maximum absolute atomic E-state index is 12.7. The van der Waals surface area contributed by atoms with Crippen LogP contribution in [-0.2, 0) is 0 Å². The summed E-state index contributed by atoms with van der Waals surface area (Å²) in [7, 11) is 0. The summed E-state index contributed by atoms with van der Waals surface area (Å²) in [5.41, 5.74) is 0.0810. The van der Waals surface area contributed by atoms with Crippen LogP contribution in [0.5, 0.6) is 5.75 Å². The average Bonchev–Trinajstić information content (AvgIpc) is 3.42. The molecule has 0 aliphatic carbocycles. The summed E-state index contributed by atoms with van der Waals surface area (Å²) < 4.78 is 15.8. The molecule has 184 valence electrons. The molecule has 0 saturated heterocycles. The molecule has 4 rings (SSSR count). The number of para-hydroxylation sites is 1. The molecule has 2 aromatic carbocycles. The van der Waals surface area contributed by atoms with Crippen LogP contribution in [0.2, 0.25) is 0 Å². The van der Waals surface area contributed by atoms with Crippen LogP contribution in [-0.4, -0.2) is 37.4 Å². The van der Waals surface area contributed by atoms with E-state index in [1.165, 1.54) is 24.5 Å². The quantitative estimate of drug-likeness (QED) is 0.242. The first kappa shape index (κ1) is 24.3. The smallest absolute Gasteiger partial charge is 0.349 e. The average molecular weight is 489 g/mol. The van der Waals surface area contributed by atoms with Crippen LogP contribution in [0.1, 0.15) is 38.2 Å². The highest BCUT2D eigenvalue weighted by molar-refractivity contribution is 6.06. The fraction of sp³-hybridized carbons (Fsp3) is 0.154. The van der Waals surface area contributed by atoms with Gasteiger partial charge in [0, 0.05) is 29.7 Å². The minimum absolute atomic E-state index is 0.158. The van der Waals surface area contributed by atoms with Gasteiger partial charge in [-0.25, -0.2) is 4.79 Å². The van der Waals surface area contributed by atoms with E-state index in [-0.39, 0.29) is 41.8 Å². The zero-order chi connectivity index (χ0) is 25.5. The molecule has 0 unspecified atom stereocenters. The number of fused-ring (bicyclic) bond motifs is 1. The molecule has 0 atom stereocenters. The number of hydrogen-bond donors (Lipinski definition) is 3. The lowest BCUT2D eigenvalue weighted by molar-refractivity contribution is 0.0910. The molecular weight excluding hydrogens is 466 g/mol. The van der Waals surface area contributed by atoms with E-state index in [1.807, 2.05) is 6.92 Å². The fourth-order valence-corrected chi connectivity index (χ4v) is 3.40. The van der Waals surface area contributed by atoms with Crippen LogP contribution in [0, 0.1) is 0 Å². The van der Waals surface area contributed by atoms with E-state index in [2.05, 4.69) is 16.0 Å². The SMILES string of the molecule is CCOc1cccc2cc(C(=O)Nc3ccc(C(=O)NCCNC(=O)c4ccco4)cc3)c(=O)oc12. The van der Waals surface area contributed by atoms with Crippen LogP contribution in [0.25, 0.3) is 11.0 Å². The number of carbonyl (C=O) groups excluding carboxylic acids is 3. The Morgan fingerprint density at radius 1 is 0.889 bits per heavy atom. The molecule has 2 aromatic heterocycles. The van der Waals surface area contributed by atoms with Gasteiger partial charge in [-0.3, -0.25) is 14.4 Å². The molecule has 36 heavy (non-hydrogen) atoms. The van der Waals surface area contributed by atoms with Gasteiger partial charge in [0.2, 0.25) is 0 Å². The predicted octanol–water partition coefficient (Wildman–Crippen LogP) is 3.20. The second-order valence-electron chi connectivity index (χ2n) is 7.58. The highest BCUT2D eigenvalue weighted by Crippen LogP contribution is 2.25. The summed E-state index contributed by atoms with van der Waals surface area (Å²) in [5.74, 6) is -0.745. The molecular formula is C26H23N3O7. The van der Waals surface area contributed by atoms with Crippen molar-refractivity contribution < 1.29 is 28.0 Å². The number of amides is 3. The molecule has 4 aromatic rings. The number of anilines is 1. The van der Waals surface area contributed by atoms with Gasteiger partial charge >= 0.3 is 5.63 Å². The molecule has 0 aliphatic heterocycles. The van der Waals surface area contributed by atoms with Crippen molar-refractivity contribution in [2.24, 2.45) is 0 Å². The normalized spacial score (nSPS) is 10.6. The highest BCUT2D eigenvalue weighted by Gasteiger charge is 2.16. The second kappa shape index (κ2) is 11.0. The van der Waals surface area contributed by atoms with Gasteiger partial charge in [-0.1, -0.05) is 12.1 Å². The summed E-state index contributed by atoms with van der Waals surface area (Å²) in [6.07, 6.45) is 1.40. The zero-order valence-corrected chi connectivity index (χ0v) is 19.3. The van der Waals surface area contributed by atoms with Gasteiger partial charge in [0.15, 0.2) is 17.1 Å². The first-order valence-electron chi connectivity index (χ1n) is 11.2. The molecule has 2 heterocycles. The summed E-state index contributed by atoms with van der Waals surface area (Å²) in [6, 6.07) is 15.9. The van der Waals surface area contributed by atoms with Crippen LogP contribution in [0.15, 0.2) is 80.6 Å². The Balaban J connectivity index is 1.34. The minimum Gasteiger partial charge on any atom is -0.490 e. The maximum atomic E-state index is 12.7. The van der Waals surface area contributed by atoms with Crippen molar-refractivity contribution in [2.75, 3.05) is 25.0 Å². The highest BCUT2D eigenvalue weighted by atomic mass is 16.5. The third kappa shape index (κ3) is 5.61. The summed E-state index contributed by atoms with van der Waals surface area (Å²) >= 11 is 0. The lowest BCUT2D eigenvalue weighted by Crippen LogP contribution is -2.34. The summed E-state index contributed by atoms with van der Waals surface area (Å²) in [4.78, 5) is 49.2. The Labute approximate surface area is 205 Å². The van der Waals surface area contributed by atoms with Crippen molar-refractivity contribution in [1.82, 2.24) is 10.6 Å². The lowest BCUT2D eigenvalue weighted by atomic mass is 10.1. The van der Waals surface area contributed by atoms with Crippen LogP contribution < -0.4 is 26.3 Å². The van der Waals surface area contributed by atoms with Crippen LogP contribution in [0.4, 0.5) is 5.69 Å². The largest absolute Gasteiger partial charge is 0.490 e. The van der Waals surface area contributed by atoms with E-state index in [0.717, 1.165) is 0 Å². The number of carbonyl (C=O) groups is 3. The molecule has 0 saturated carbocycles. The number of benzene rings is 2. The molecule has 0 aliphatic rings. The molecule has 3 amide bonds. The number of nitrogens with one attached hydrogen (secondary N) is 3. The van der Waals surface area contributed by atoms with Gasteiger partial charge in [-0.2, -0.15) is 0 Å². The van der Waals surface area contributed by atoms with Crippen molar-refractivity contribution >= 4 is 34.4 Å². The Kier molecular flexibility index (Phi) is 7.45. The third-order valence-corrected chi connectivity index (χ3v) is 5.11. The van der Waals surface area contributed by atoms with Crippen molar-refractivity contribution in [3.63, 3.8) is 0 Å². The van der Waals surface area contributed by atoms with E-state index < -0.39 is 11.5 Å². The Bertz CT molecular complexity index is 1440. The minimum atomic E-state index is -0.790. The predicted molar refractivity (Wildman–Crippen MR) is 131 cm³/mol. The lowest BCUT2D eigenvalue weighted by Gasteiger charge is -2.09. The van der Waals surface area contributed by atoms with Crippen molar-refractivity contribution in [3.05, 3.63) is 94.2 Å². The Hall–Kier alpha value is -4.86. The van der Waals surface area contributed by atoms with Gasteiger partial charge in [0.25, 0.3) is 17.7 Å². The van der Waals surface area contributed by atoms with Gasteiger partial charge in [-0.15, -0.1) is 0 Å². The van der Waals surface area contributed by atoms with Crippen LogP contribution in [0.3, 0.4) is 0 Å². The van der Waals surface area contributed by atoms with E-state index in [0.29, 0.717) is 29.0 Å². The van der Waals surface area contributed by atoms with Gasteiger partial charge < -0.3 is 29.5 Å². The number of hydrogen-bond acceptors (Lipinski definition) is 7.